The van der Waals surface area contributed by atoms with Gasteiger partial charge in [-0.05, 0) is 33.6 Å². The minimum atomic E-state index is -1.33. The molecule has 0 bridgehead atoms. The van der Waals surface area contributed by atoms with Crippen LogP contribution in [0.3, 0.4) is 0 Å². The number of pyridine rings is 1. The van der Waals surface area contributed by atoms with Crippen molar-refractivity contribution >= 4 is 57.1 Å². The third-order valence-corrected chi connectivity index (χ3v) is 7.21. The monoisotopic (exact) mass is 521 g/mol. The summed E-state index contributed by atoms with van der Waals surface area (Å²) in [6.45, 7) is 6.51. The molecule has 1 aromatic carbocycles. The minimum Gasteiger partial charge on any atom is -0.465 e. The number of rotatable bonds is 3. The Morgan fingerprint density at radius 3 is 2.75 bits per heavy atom. The van der Waals surface area contributed by atoms with Crippen LogP contribution in [0.15, 0.2) is 12.3 Å². The smallest absolute Gasteiger partial charge is 0.411 e. The molecule has 3 heterocycles. The second-order valence-electron chi connectivity index (χ2n) is 10.5. The summed E-state index contributed by atoms with van der Waals surface area (Å²) >= 11 is 6.56. The lowest BCUT2D eigenvalue weighted by atomic mass is 10.1. The topological polar surface area (TPSA) is 111 Å². The molecule has 2 amide bonds. The summed E-state index contributed by atoms with van der Waals surface area (Å²) in [5.74, 6) is -2.30. The Kier molecular flexibility index (Phi) is 5.47. The van der Waals surface area contributed by atoms with Crippen molar-refractivity contribution in [1.82, 2.24) is 15.3 Å². The zero-order valence-corrected chi connectivity index (χ0v) is 21.0. The highest BCUT2D eigenvalue weighted by Crippen LogP contribution is 2.55. The Morgan fingerprint density at radius 2 is 2.08 bits per heavy atom. The lowest BCUT2D eigenvalue weighted by molar-refractivity contribution is 0.0516. The predicted molar refractivity (Wildman–Crippen MR) is 132 cm³/mol. The van der Waals surface area contributed by atoms with Gasteiger partial charge in [-0.15, -0.1) is 0 Å². The summed E-state index contributed by atoms with van der Waals surface area (Å²) in [6.07, 6.45) is 1.15. The molecule has 2 atom stereocenters. The van der Waals surface area contributed by atoms with Gasteiger partial charge in [-0.25, -0.2) is 23.4 Å². The summed E-state index contributed by atoms with van der Waals surface area (Å²) in [7, 11) is 1.25. The normalized spacial score (nSPS) is 21.4. The second kappa shape index (κ2) is 8.09. The SMILES string of the molecule is CN(C(=O)O)c1cc(F)c(F)c2c1[nH]c1ncc(Cl)c(N3CC[C@@]4(C[C@@H]4NC(=O)OC(C)(C)C)C3)c12. The van der Waals surface area contributed by atoms with E-state index in [9.17, 15) is 19.1 Å². The summed E-state index contributed by atoms with van der Waals surface area (Å²) < 4.78 is 35.2. The first-order valence-corrected chi connectivity index (χ1v) is 11.9. The van der Waals surface area contributed by atoms with Crippen LogP contribution < -0.4 is 15.1 Å². The van der Waals surface area contributed by atoms with E-state index < -0.39 is 29.4 Å². The lowest BCUT2D eigenvalue weighted by Gasteiger charge is -2.22. The average Bonchev–Trinajstić information content (AvgIpc) is 3.09. The molecule has 1 saturated heterocycles. The largest absolute Gasteiger partial charge is 0.465 e. The van der Waals surface area contributed by atoms with E-state index in [1.54, 1.807) is 20.8 Å². The number of aromatic amines is 1. The van der Waals surface area contributed by atoms with E-state index in [1.165, 1.54) is 13.2 Å². The summed E-state index contributed by atoms with van der Waals surface area (Å²) in [6, 6.07) is 0.770. The number of nitrogens with one attached hydrogen (secondary N) is 2. The van der Waals surface area contributed by atoms with Gasteiger partial charge in [-0.3, -0.25) is 4.90 Å². The van der Waals surface area contributed by atoms with Crippen LogP contribution in [0.2, 0.25) is 5.02 Å². The molecule has 3 aromatic rings. The molecule has 1 aliphatic heterocycles. The second-order valence-corrected chi connectivity index (χ2v) is 10.9. The molecule has 1 saturated carbocycles. The number of aromatic nitrogens is 2. The molecule has 1 aliphatic carbocycles. The van der Waals surface area contributed by atoms with Crippen LogP contribution in [0, 0.1) is 17.0 Å². The first kappa shape index (κ1) is 24.4. The van der Waals surface area contributed by atoms with E-state index in [1.807, 2.05) is 4.90 Å². The number of nitrogens with zero attached hydrogens (tertiary/aromatic N) is 3. The number of carbonyl (C=O) groups is 2. The average molecular weight is 522 g/mol. The van der Waals surface area contributed by atoms with Crippen molar-refractivity contribution in [2.45, 2.75) is 45.3 Å². The van der Waals surface area contributed by atoms with Gasteiger partial charge in [0, 0.05) is 37.7 Å². The molecule has 36 heavy (non-hydrogen) atoms. The van der Waals surface area contributed by atoms with Crippen molar-refractivity contribution in [3.05, 3.63) is 28.9 Å². The number of fused-ring (bicyclic) bond motifs is 3. The first-order chi connectivity index (χ1) is 16.8. The van der Waals surface area contributed by atoms with Crippen LogP contribution in [0.5, 0.6) is 0 Å². The number of amides is 2. The van der Waals surface area contributed by atoms with Gasteiger partial charge in [-0.1, -0.05) is 11.6 Å². The van der Waals surface area contributed by atoms with Crippen molar-refractivity contribution in [2.75, 3.05) is 29.9 Å². The molecule has 3 N–H and O–H groups in total. The van der Waals surface area contributed by atoms with Gasteiger partial charge >= 0.3 is 12.2 Å². The Hall–Kier alpha value is -3.34. The standard InChI is InChI=1S/C24H26ClF2N5O4/c1-23(2,3)36-21(33)29-14-8-24(14)5-6-32(10-24)19-11(25)9-28-20-16(19)15-17(27)12(26)7-13(18(15)30-20)31(4)22(34)35/h7,9,14H,5-6,8,10H2,1-4H3,(H,28,30)(H,29,33)(H,34,35)/t14-,24+/m0/s1. The number of hydrogen-bond donors (Lipinski definition) is 3. The predicted octanol–water partition coefficient (Wildman–Crippen LogP) is 5.26. The first-order valence-electron chi connectivity index (χ1n) is 11.5. The van der Waals surface area contributed by atoms with E-state index in [0.29, 0.717) is 18.8 Å². The minimum absolute atomic E-state index is 0.0433. The van der Waals surface area contributed by atoms with E-state index in [4.69, 9.17) is 16.3 Å². The summed E-state index contributed by atoms with van der Waals surface area (Å²) in [5, 5.41) is 12.8. The van der Waals surface area contributed by atoms with Crippen LogP contribution in [-0.4, -0.2) is 59.0 Å². The van der Waals surface area contributed by atoms with Gasteiger partial charge in [-0.2, -0.15) is 0 Å². The fourth-order valence-electron chi connectivity index (χ4n) is 5.12. The molecule has 0 unspecified atom stereocenters. The number of ether oxygens (including phenoxy) is 1. The number of anilines is 2. The van der Waals surface area contributed by atoms with Gasteiger partial charge in [0.2, 0.25) is 0 Å². The van der Waals surface area contributed by atoms with Gasteiger partial charge in [0.15, 0.2) is 11.6 Å². The van der Waals surface area contributed by atoms with Gasteiger partial charge in [0.1, 0.15) is 11.2 Å². The van der Waals surface area contributed by atoms with Crippen molar-refractivity contribution in [3.8, 4) is 0 Å². The third kappa shape index (κ3) is 3.95. The van der Waals surface area contributed by atoms with E-state index in [2.05, 4.69) is 15.3 Å². The summed E-state index contributed by atoms with van der Waals surface area (Å²) in [4.78, 5) is 33.8. The lowest BCUT2D eigenvalue weighted by Crippen LogP contribution is -2.36. The number of H-pyrrole nitrogens is 1. The molecular weight excluding hydrogens is 496 g/mol. The number of alkyl carbamates (subject to hydrolysis) is 1. The Bertz CT molecular complexity index is 1420. The zero-order chi connectivity index (χ0) is 26.2. The van der Waals surface area contributed by atoms with E-state index in [0.717, 1.165) is 23.8 Å². The molecule has 9 nitrogen and oxygen atoms in total. The van der Waals surface area contributed by atoms with Crippen molar-refractivity contribution in [1.29, 1.82) is 0 Å². The molecule has 2 aliphatic rings. The molecular formula is C24H26ClF2N5O4. The number of halogens is 3. The zero-order valence-electron chi connectivity index (χ0n) is 20.2. The van der Waals surface area contributed by atoms with E-state index in [-0.39, 0.29) is 44.1 Å². The van der Waals surface area contributed by atoms with Crippen molar-refractivity contribution in [3.63, 3.8) is 0 Å². The van der Waals surface area contributed by atoms with Crippen LogP contribution in [-0.2, 0) is 4.74 Å². The fourth-order valence-corrected chi connectivity index (χ4v) is 5.38. The third-order valence-electron chi connectivity index (χ3n) is 6.93. The number of hydrogen-bond acceptors (Lipinski definition) is 5. The quantitative estimate of drug-likeness (QED) is 0.434. The van der Waals surface area contributed by atoms with Gasteiger partial charge < -0.3 is 25.0 Å². The van der Waals surface area contributed by atoms with Crippen LogP contribution >= 0.6 is 11.6 Å². The summed E-state index contributed by atoms with van der Waals surface area (Å²) in [5.41, 5.74) is 0.0233. The number of carbonyl (C=O) groups excluding carboxylic acids is 1. The highest BCUT2D eigenvalue weighted by atomic mass is 35.5. The van der Waals surface area contributed by atoms with Crippen LogP contribution in [0.4, 0.5) is 29.7 Å². The van der Waals surface area contributed by atoms with Crippen molar-refractivity contribution in [2.24, 2.45) is 5.41 Å². The molecule has 0 radical (unpaired) electrons. The number of carboxylic acid groups (broad SMARTS) is 1. The molecule has 5 rings (SSSR count). The van der Waals surface area contributed by atoms with E-state index >= 15 is 4.39 Å². The van der Waals surface area contributed by atoms with Crippen LogP contribution in [0.25, 0.3) is 21.9 Å². The maximum absolute atomic E-state index is 15.2. The van der Waals surface area contributed by atoms with Crippen LogP contribution in [0.1, 0.15) is 33.6 Å². The molecule has 12 heteroatoms. The van der Waals surface area contributed by atoms with Crippen molar-refractivity contribution < 1.29 is 28.2 Å². The van der Waals surface area contributed by atoms with Gasteiger partial charge in [0.05, 0.1) is 38.9 Å². The molecule has 2 fully saturated rings. The molecule has 192 valence electrons. The number of benzene rings is 1. The van der Waals surface area contributed by atoms with Gasteiger partial charge in [0.25, 0.3) is 0 Å². The maximum atomic E-state index is 15.2. The highest BCUT2D eigenvalue weighted by Gasteiger charge is 2.58. The Balaban J connectivity index is 1.53. The maximum Gasteiger partial charge on any atom is 0.411 e. The molecule has 1 spiro atoms. The fraction of sp³-hybridized carbons (Fsp3) is 0.458. The molecule has 2 aromatic heterocycles. The Labute approximate surface area is 210 Å². The highest BCUT2D eigenvalue weighted by molar-refractivity contribution is 6.36. The Morgan fingerprint density at radius 1 is 1.36 bits per heavy atom.